The summed E-state index contributed by atoms with van der Waals surface area (Å²) in [6.07, 6.45) is 2.16. The molecule has 1 heterocycles. The molecule has 0 bridgehead atoms. The van der Waals surface area contributed by atoms with Crippen molar-refractivity contribution in [2.24, 2.45) is 0 Å². The monoisotopic (exact) mass is 376 g/mol. The summed E-state index contributed by atoms with van der Waals surface area (Å²) >= 11 is 0. The Hall–Kier alpha value is -3.07. The molecule has 0 saturated heterocycles. The molecule has 0 aliphatic heterocycles. The number of methoxy groups -OCH3 is 4. The van der Waals surface area contributed by atoms with Gasteiger partial charge >= 0.3 is 0 Å². The fraction of sp³-hybridized carbons (Fsp3) is 0.389. The SMILES string of the molecule is COCCCNc1cc(C(=O)Nc2cc(OC)c(OC)c(OC)c2)ncn1. The Kier molecular flexibility index (Phi) is 7.63. The van der Waals surface area contributed by atoms with Gasteiger partial charge in [-0.15, -0.1) is 0 Å². The van der Waals surface area contributed by atoms with Gasteiger partial charge in [-0.05, 0) is 6.42 Å². The molecule has 0 aliphatic rings. The molecular weight excluding hydrogens is 352 g/mol. The van der Waals surface area contributed by atoms with E-state index in [1.165, 1.54) is 27.7 Å². The van der Waals surface area contributed by atoms with E-state index in [4.69, 9.17) is 18.9 Å². The van der Waals surface area contributed by atoms with Crippen molar-refractivity contribution in [3.8, 4) is 17.2 Å². The van der Waals surface area contributed by atoms with Gasteiger partial charge in [0.1, 0.15) is 17.8 Å². The van der Waals surface area contributed by atoms with Gasteiger partial charge < -0.3 is 29.6 Å². The normalized spacial score (nSPS) is 10.2. The van der Waals surface area contributed by atoms with Crippen LogP contribution in [0.3, 0.4) is 0 Å². The highest BCUT2D eigenvalue weighted by Crippen LogP contribution is 2.39. The van der Waals surface area contributed by atoms with Gasteiger partial charge in [0, 0.05) is 44.1 Å². The number of aromatic nitrogens is 2. The van der Waals surface area contributed by atoms with Crippen molar-refractivity contribution in [2.45, 2.75) is 6.42 Å². The van der Waals surface area contributed by atoms with E-state index in [0.29, 0.717) is 41.9 Å². The summed E-state index contributed by atoms with van der Waals surface area (Å²) in [5.74, 6) is 1.51. The Labute approximate surface area is 158 Å². The lowest BCUT2D eigenvalue weighted by Crippen LogP contribution is -2.15. The largest absolute Gasteiger partial charge is 0.493 e. The van der Waals surface area contributed by atoms with Crippen molar-refractivity contribution in [1.29, 1.82) is 0 Å². The number of hydrogen-bond acceptors (Lipinski definition) is 8. The van der Waals surface area contributed by atoms with Gasteiger partial charge in [-0.1, -0.05) is 0 Å². The first-order valence-electron chi connectivity index (χ1n) is 8.29. The molecular formula is C18H24N4O5. The van der Waals surface area contributed by atoms with Gasteiger partial charge in [0.25, 0.3) is 5.91 Å². The summed E-state index contributed by atoms with van der Waals surface area (Å²) in [5.41, 5.74) is 0.718. The molecule has 27 heavy (non-hydrogen) atoms. The number of benzene rings is 1. The van der Waals surface area contributed by atoms with Crippen LogP contribution in [0.5, 0.6) is 17.2 Å². The highest BCUT2D eigenvalue weighted by molar-refractivity contribution is 6.03. The van der Waals surface area contributed by atoms with Crippen LogP contribution in [0.25, 0.3) is 0 Å². The number of hydrogen-bond donors (Lipinski definition) is 2. The number of anilines is 2. The fourth-order valence-electron chi connectivity index (χ4n) is 2.36. The average molecular weight is 376 g/mol. The van der Waals surface area contributed by atoms with Gasteiger partial charge in [0.05, 0.1) is 21.3 Å². The molecule has 146 valence electrons. The van der Waals surface area contributed by atoms with E-state index < -0.39 is 0 Å². The maximum absolute atomic E-state index is 12.5. The smallest absolute Gasteiger partial charge is 0.274 e. The van der Waals surface area contributed by atoms with Gasteiger partial charge in [-0.25, -0.2) is 9.97 Å². The molecule has 9 nitrogen and oxygen atoms in total. The maximum atomic E-state index is 12.5. The zero-order chi connectivity index (χ0) is 19.6. The average Bonchev–Trinajstić information content (AvgIpc) is 2.70. The van der Waals surface area contributed by atoms with Crippen LogP contribution >= 0.6 is 0 Å². The van der Waals surface area contributed by atoms with Crippen LogP contribution in [0.4, 0.5) is 11.5 Å². The van der Waals surface area contributed by atoms with Gasteiger partial charge in [-0.2, -0.15) is 0 Å². The van der Waals surface area contributed by atoms with Crippen LogP contribution < -0.4 is 24.8 Å². The summed E-state index contributed by atoms with van der Waals surface area (Å²) in [4.78, 5) is 20.7. The van der Waals surface area contributed by atoms with E-state index in [0.717, 1.165) is 6.42 Å². The molecule has 0 unspecified atom stereocenters. The topological polar surface area (TPSA) is 104 Å². The second kappa shape index (κ2) is 10.2. The Morgan fingerprint density at radius 3 is 2.30 bits per heavy atom. The molecule has 0 saturated carbocycles. The van der Waals surface area contributed by atoms with Crippen molar-refractivity contribution in [3.05, 3.63) is 30.2 Å². The number of amides is 1. The molecule has 1 aromatic carbocycles. The van der Waals surface area contributed by atoms with Crippen molar-refractivity contribution in [3.63, 3.8) is 0 Å². The van der Waals surface area contributed by atoms with Crippen LogP contribution in [0, 0.1) is 0 Å². The lowest BCUT2D eigenvalue weighted by Gasteiger charge is -2.14. The molecule has 0 atom stereocenters. The first kappa shape index (κ1) is 20.2. The second-order valence-corrected chi connectivity index (χ2v) is 5.43. The highest BCUT2D eigenvalue weighted by atomic mass is 16.5. The second-order valence-electron chi connectivity index (χ2n) is 5.43. The van der Waals surface area contributed by atoms with Crippen LogP contribution in [-0.2, 0) is 4.74 Å². The predicted octanol–water partition coefficient (Wildman–Crippen LogP) is 2.20. The molecule has 9 heteroatoms. The first-order chi connectivity index (χ1) is 13.1. The molecule has 1 amide bonds. The molecule has 0 radical (unpaired) electrons. The molecule has 0 fully saturated rings. The number of carbonyl (C=O) groups excluding carboxylic acids is 1. The van der Waals surface area contributed by atoms with E-state index in [1.54, 1.807) is 25.3 Å². The van der Waals surface area contributed by atoms with E-state index >= 15 is 0 Å². The molecule has 1 aromatic heterocycles. The number of rotatable bonds is 10. The quantitative estimate of drug-likeness (QED) is 0.608. The first-order valence-corrected chi connectivity index (χ1v) is 8.29. The minimum atomic E-state index is -0.383. The van der Waals surface area contributed by atoms with E-state index in [-0.39, 0.29) is 11.6 Å². The van der Waals surface area contributed by atoms with E-state index in [9.17, 15) is 4.79 Å². The maximum Gasteiger partial charge on any atom is 0.274 e. The molecule has 2 rings (SSSR count). The molecule has 0 aliphatic carbocycles. The molecule has 2 N–H and O–H groups in total. The standard InChI is InChI=1S/C18H24N4O5/c1-24-7-5-6-19-16-10-13(20-11-21-16)18(23)22-12-8-14(25-2)17(27-4)15(9-12)26-3/h8-11H,5-7H2,1-4H3,(H,22,23)(H,19,20,21). The number of carbonyl (C=O) groups is 1. The Balaban J connectivity index is 2.13. The fourth-order valence-corrected chi connectivity index (χ4v) is 2.36. The van der Waals surface area contributed by atoms with Crippen molar-refractivity contribution < 1.29 is 23.7 Å². The Morgan fingerprint density at radius 1 is 1.00 bits per heavy atom. The Morgan fingerprint density at radius 2 is 1.70 bits per heavy atom. The number of nitrogens with zero attached hydrogens (tertiary/aromatic N) is 2. The zero-order valence-electron chi connectivity index (χ0n) is 15.9. The number of ether oxygens (including phenoxy) is 4. The van der Waals surface area contributed by atoms with Crippen LogP contribution in [-0.4, -0.2) is 57.5 Å². The summed E-state index contributed by atoms with van der Waals surface area (Å²) in [7, 11) is 6.18. The lowest BCUT2D eigenvalue weighted by atomic mass is 10.2. The van der Waals surface area contributed by atoms with E-state index in [1.807, 2.05) is 0 Å². The summed E-state index contributed by atoms with van der Waals surface area (Å²) in [6.45, 7) is 1.32. The van der Waals surface area contributed by atoms with Crippen LogP contribution in [0.2, 0.25) is 0 Å². The molecule has 2 aromatic rings. The number of nitrogens with one attached hydrogen (secondary N) is 2. The zero-order valence-corrected chi connectivity index (χ0v) is 15.9. The van der Waals surface area contributed by atoms with Crippen LogP contribution in [0.15, 0.2) is 24.5 Å². The minimum Gasteiger partial charge on any atom is -0.493 e. The predicted molar refractivity (Wildman–Crippen MR) is 101 cm³/mol. The van der Waals surface area contributed by atoms with Gasteiger partial charge in [0.15, 0.2) is 11.5 Å². The van der Waals surface area contributed by atoms with Gasteiger partial charge in [-0.3, -0.25) is 4.79 Å². The van der Waals surface area contributed by atoms with Crippen molar-refractivity contribution in [2.75, 3.05) is 52.2 Å². The highest BCUT2D eigenvalue weighted by Gasteiger charge is 2.16. The summed E-state index contributed by atoms with van der Waals surface area (Å²) in [5, 5.41) is 5.89. The summed E-state index contributed by atoms with van der Waals surface area (Å²) in [6, 6.07) is 4.87. The van der Waals surface area contributed by atoms with E-state index in [2.05, 4.69) is 20.6 Å². The third kappa shape index (κ3) is 5.45. The lowest BCUT2D eigenvalue weighted by molar-refractivity contribution is 0.102. The third-order valence-electron chi connectivity index (χ3n) is 3.65. The Bertz CT molecular complexity index is 744. The van der Waals surface area contributed by atoms with Crippen molar-refractivity contribution in [1.82, 2.24) is 9.97 Å². The third-order valence-corrected chi connectivity index (χ3v) is 3.65. The minimum absolute atomic E-state index is 0.230. The molecule has 0 spiro atoms. The van der Waals surface area contributed by atoms with Crippen LogP contribution in [0.1, 0.15) is 16.9 Å². The van der Waals surface area contributed by atoms with Crippen molar-refractivity contribution >= 4 is 17.4 Å². The summed E-state index contributed by atoms with van der Waals surface area (Å²) < 4.78 is 20.8. The van der Waals surface area contributed by atoms with Gasteiger partial charge in [0.2, 0.25) is 5.75 Å².